The summed E-state index contributed by atoms with van der Waals surface area (Å²) in [6, 6.07) is 7.27. The lowest BCUT2D eigenvalue weighted by atomic mass is 9.92. The van der Waals surface area contributed by atoms with E-state index in [2.05, 4.69) is 10.4 Å². The second-order valence-electron chi connectivity index (χ2n) is 8.70. The third kappa shape index (κ3) is 4.98. The Balaban J connectivity index is 1.83. The molecular formula is C21H29N3O4S. The van der Waals surface area contributed by atoms with Crippen LogP contribution in [0.3, 0.4) is 0 Å². The predicted molar refractivity (Wildman–Crippen MR) is 113 cm³/mol. The van der Waals surface area contributed by atoms with Crippen LogP contribution in [0.2, 0.25) is 0 Å². The average molecular weight is 420 g/mol. The van der Waals surface area contributed by atoms with Crippen molar-refractivity contribution < 1.29 is 17.9 Å². The number of carbonyl (C=O) groups excluding carboxylic acids is 1. The normalized spacial score (nSPS) is 18.6. The molecule has 0 aliphatic carbocycles. The smallest absolute Gasteiger partial charge is 0.229 e. The van der Waals surface area contributed by atoms with Crippen LogP contribution in [0.4, 0.5) is 5.82 Å². The Morgan fingerprint density at radius 3 is 2.62 bits per heavy atom. The lowest BCUT2D eigenvalue weighted by Crippen LogP contribution is -2.21. The van der Waals surface area contributed by atoms with Gasteiger partial charge in [-0.05, 0) is 30.5 Å². The van der Waals surface area contributed by atoms with Crippen LogP contribution < -0.4 is 10.1 Å². The Morgan fingerprint density at radius 1 is 1.31 bits per heavy atom. The maximum Gasteiger partial charge on any atom is 0.229 e. The quantitative estimate of drug-likeness (QED) is 0.804. The largest absolute Gasteiger partial charge is 0.496 e. The molecule has 0 spiro atoms. The van der Waals surface area contributed by atoms with Gasteiger partial charge in [-0.25, -0.2) is 13.1 Å². The summed E-state index contributed by atoms with van der Waals surface area (Å²) in [4.78, 5) is 12.7. The first kappa shape index (κ1) is 21.4. The molecule has 2 aromatic rings. The monoisotopic (exact) mass is 419 g/mol. The fourth-order valence-electron chi connectivity index (χ4n) is 3.45. The molecule has 1 aliphatic rings. The number of methoxy groups -OCH3 is 1. The van der Waals surface area contributed by atoms with Crippen LogP contribution in [0.15, 0.2) is 24.3 Å². The highest BCUT2D eigenvalue weighted by molar-refractivity contribution is 7.91. The van der Waals surface area contributed by atoms with E-state index in [1.807, 2.05) is 52.0 Å². The molecule has 1 aromatic carbocycles. The molecule has 1 aromatic heterocycles. The molecule has 0 bridgehead atoms. The number of benzene rings is 1. The fourth-order valence-corrected chi connectivity index (χ4v) is 5.14. The summed E-state index contributed by atoms with van der Waals surface area (Å²) in [5, 5.41) is 7.58. The van der Waals surface area contributed by atoms with Gasteiger partial charge in [-0.1, -0.05) is 32.9 Å². The Hall–Kier alpha value is -2.35. The average Bonchev–Trinajstić information content (AvgIpc) is 3.19. The van der Waals surface area contributed by atoms with E-state index in [0.717, 1.165) is 22.6 Å². The molecule has 158 valence electrons. The first-order valence-corrected chi connectivity index (χ1v) is 11.5. The Bertz CT molecular complexity index is 1020. The van der Waals surface area contributed by atoms with Gasteiger partial charge in [0, 0.05) is 11.5 Å². The number of amides is 1. The van der Waals surface area contributed by atoms with Crippen molar-refractivity contribution in [3.05, 3.63) is 41.1 Å². The van der Waals surface area contributed by atoms with E-state index in [1.54, 1.807) is 11.8 Å². The lowest BCUT2D eigenvalue weighted by molar-refractivity contribution is -0.115. The molecule has 7 nitrogen and oxygen atoms in total. The minimum Gasteiger partial charge on any atom is -0.496 e. The number of hydrogen-bond acceptors (Lipinski definition) is 5. The van der Waals surface area contributed by atoms with Crippen molar-refractivity contribution in [1.29, 1.82) is 0 Å². The van der Waals surface area contributed by atoms with E-state index >= 15 is 0 Å². The summed E-state index contributed by atoms with van der Waals surface area (Å²) in [5.41, 5.74) is 2.45. The SMILES string of the molecule is COc1cc(CC(=O)Nc2cc(C(C)(C)C)nn2[C@H]2CCS(=O)(=O)C2)ccc1C. The van der Waals surface area contributed by atoms with Gasteiger partial charge in [0.1, 0.15) is 11.6 Å². The zero-order chi connectivity index (χ0) is 21.4. The van der Waals surface area contributed by atoms with Crippen LogP contribution in [-0.2, 0) is 26.5 Å². The number of rotatable bonds is 5. The first-order chi connectivity index (χ1) is 13.5. The Morgan fingerprint density at radius 2 is 2.03 bits per heavy atom. The van der Waals surface area contributed by atoms with E-state index in [-0.39, 0.29) is 35.3 Å². The van der Waals surface area contributed by atoms with Crippen LogP contribution >= 0.6 is 0 Å². The number of anilines is 1. The number of ether oxygens (including phenoxy) is 1. The van der Waals surface area contributed by atoms with Gasteiger partial charge in [-0.2, -0.15) is 5.10 Å². The second kappa shape index (κ2) is 7.82. The van der Waals surface area contributed by atoms with Crippen LogP contribution in [0.5, 0.6) is 5.75 Å². The van der Waals surface area contributed by atoms with E-state index in [9.17, 15) is 13.2 Å². The van der Waals surface area contributed by atoms with Gasteiger partial charge in [0.05, 0.1) is 36.8 Å². The van der Waals surface area contributed by atoms with Gasteiger partial charge in [-0.3, -0.25) is 4.79 Å². The summed E-state index contributed by atoms with van der Waals surface area (Å²) in [6.45, 7) is 8.06. The summed E-state index contributed by atoms with van der Waals surface area (Å²) in [6.07, 6.45) is 0.696. The number of nitrogens with one attached hydrogen (secondary N) is 1. The number of aryl methyl sites for hydroxylation is 1. The molecular weight excluding hydrogens is 390 g/mol. The fraction of sp³-hybridized carbons (Fsp3) is 0.524. The molecule has 0 saturated carbocycles. The van der Waals surface area contributed by atoms with Crippen molar-refractivity contribution in [3.8, 4) is 5.75 Å². The van der Waals surface area contributed by atoms with Crippen molar-refractivity contribution in [3.63, 3.8) is 0 Å². The Kier molecular flexibility index (Phi) is 5.76. The van der Waals surface area contributed by atoms with Gasteiger partial charge in [-0.15, -0.1) is 0 Å². The molecule has 1 N–H and O–H groups in total. The standard InChI is InChI=1S/C21H29N3O4S/c1-14-6-7-15(10-17(14)28-5)11-20(25)22-19-12-18(21(2,3)4)23-24(19)16-8-9-29(26,27)13-16/h6-7,10,12,16H,8-9,11,13H2,1-5H3,(H,22,25)/t16-/m0/s1. The van der Waals surface area contributed by atoms with Crippen LogP contribution in [0.25, 0.3) is 0 Å². The highest BCUT2D eigenvalue weighted by Crippen LogP contribution is 2.31. The van der Waals surface area contributed by atoms with E-state index in [1.165, 1.54) is 0 Å². The predicted octanol–water partition coefficient (Wildman–Crippen LogP) is 3.04. The highest BCUT2D eigenvalue weighted by Gasteiger charge is 2.32. The summed E-state index contributed by atoms with van der Waals surface area (Å²) in [7, 11) is -1.46. The summed E-state index contributed by atoms with van der Waals surface area (Å²) >= 11 is 0. The number of aromatic nitrogens is 2. The summed E-state index contributed by atoms with van der Waals surface area (Å²) < 4.78 is 30.9. The zero-order valence-corrected chi connectivity index (χ0v) is 18.5. The Labute approximate surface area is 172 Å². The molecule has 2 heterocycles. The van der Waals surface area contributed by atoms with E-state index in [0.29, 0.717) is 12.2 Å². The minimum atomic E-state index is -3.06. The first-order valence-electron chi connectivity index (χ1n) is 9.72. The molecule has 1 atom stereocenters. The molecule has 1 amide bonds. The van der Waals surface area contributed by atoms with Crippen LogP contribution in [-0.4, -0.2) is 42.7 Å². The van der Waals surface area contributed by atoms with Gasteiger partial charge in [0.15, 0.2) is 9.84 Å². The zero-order valence-electron chi connectivity index (χ0n) is 17.7. The molecule has 29 heavy (non-hydrogen) atoms. The van der Waals surface area contributed by atoms with Crippen molar-refractivity contribution in [1.82, 2.24) is 9.78 Å². The van der Waals surface area contributed by atoms with Gasteiger partial charge < -0.3 is 10.1 Å². The van der Waals surface area contributed by atoms with E-state index < -0.39 is 9.84 Å². The molecule has 1 aliphatic heterocycles. The topological polar surface area (TPSA) is 90.3 Å². The second-order valence-corrected chi connectivity index (χ2v) is 10.9. The number of sulfone groups is 1. The van der Waals surface area contributed by atoms with Gasteiger partial charge in [0.2, 0.25) is 5.91 Å². The number of nitrogens with zero attached hydrogens (tertiary/aromatic N) is 2. The van der Waals surface area contributed by atoms with Gasteiger partial charge >= 0.3 is 0 Å². The number of carbonyl (C=O) groups is 1. The van der Waals surface area contributed by atoms with Crippen LogP contribution in [0, 0.1) is 6.92 Å². The third-order valence-corrected chi connectivity index (χ3v) is 6.91. The van der Waals surface area contributed by atoms with Crippen molar-refractivity contribution in [2.45, 2.75) is 52.0 Å². The van der Waals surface area contributed by atoms with Crippen molar-refractivity contribution in [2.24, 2.45) is 0 Å². The molecule has 3 rings (SSSR count). The minimum absolute atomic E-state index is 0.0519. The molecule has 1 fully saturated rings. The number of hydrogen-bond donors (Lipinski definition) is 1. The van der Waals surface area contributed by atoms with Crippen molar-refractivity contribution >= 4 is 21.6 Å². The third-order valence-electron chi connectivity index (χ3n) is 5.16. The lowest BCUT2D eigenvalue weighted by Gasteiger charge is -2.15. The summed E-state index contributed by atoms with van der Waals surface area (Å²) in [5.74, 6) is 1.31. The maximum atomic E-state index is 12.7. The van der Waals surface area contributed by atoms with Gasteiger partial charge in [0.25, 0.3) is 0 Å². The molecule has 1 saturated heterocycles. The van der Waals surface area contributed by atoms with E-state index in [4.69, 9.17) is 4.74 Å². The molecule has 0 radical (unpaired) electrons. The van der Waals surface area contributed by atoms with Crippen LogP contribution in [0.1, 0.15) is 50.1 Å². The molecule has 8 heteroatoms. The highest BCUT2D eigenvalue weighted by atomic mass is 32.2. The molecule has 0 unspecified atom stereocenters. The van der Waals surface area contributed by atoms with Crippen molar-refractivity contribution in [2.75, 3.05) is 23.9 Å². The maximum absolute atomic E-state index is 12.7.